The van der Waals surface area contributed by atoms with Crippen LogP contribution in [0.4, 0.5) is 0 Å². The van der Waals surface area contributed by atoms with E-state index in [0.29, 0.717) is 0 Å². The van der Waals surface area contributed by atoms with Crippen LogP contribution in [0.1, 0.15) is 11.1 Å². The quantitative estimate of drug-likeness (QED) is 0.766. The van der Waals surface area contributed by atoms with Gasteiger partial charge in [-0.1, -0.05) is 17.9 Å². The van der Waals surface area contributed by atoms with E-state index < -0.39 is 0 Å². The van der Waals surface area contributed by atoms with Crippen molar-refractivity contribution >= 4 is 0 Å². The molecule has 0 aliphatic heterocycles. The first-order valence-electron chi connectivity index (χ1n) is 5.60. The second kappa shape index (κ2) is 5.35. The van der Waals surface area contributed by atoms with Gasteiger partial charge in [-0.3, -0.25) is 9.36 Å². The molecule has 0 radical (unpaired) electrons. The molecule has 0 saturated heterocycles. The predicted molar refractivity (Wildman–Crippen MR) is 70.7 cm³/mol. The third-order valence-corrected chi connectivity index (χ3v) is 2.52. The Morgan fingerprint density at radius 3 is 2.56 bits per heavy atom. The molecule has 1 aromatic heterocycles. The summed E-state index contributed by atoms with van der Waals surface area (Å²) in [6.45, 7) is 1.79. The summed E-state index contributed by atoms with van der Waals surface area (Å²) in [7, 11) is 0. The molecule has 90 valence electrons. The fourth-order valence-corrected chi connectivity index (χ4v) is 1.64. The van der Waals surface area contributed by atoms with E-state index in [0.717, 1.165) is 16.8 Å². The molecule has 2 rings (SSSR count). The minimum atomic E-state index is -0.154. The number of aliphatic hydroxyl groups is 1. The lowest BCUT2D eigenvalue weighted by molar-refractivity contribution is 0.350. The summed E-state index contributed by atoms with van der Waals surface area (Å²) in [5.74, 6) is 5.39. The van der Waals surface area contributed by atoms with Crippen molar-refractivity contribution < 1.29 is 5.11 Å². The Morgan fingerprint density at radius 2 is 1.89 bits per heavy atom. The molecular weight excluding hydrogens is 226 g/mol. The van der Waals surface area contributed by atoms with Gasteiger partial charge in [0.15, 0.2) is 0 Å². The Labute approximate surface area is 105 Å². The van der Waals surface area contributed by atoms with E-state index in [2.05, 4.69) is 11.8 Å². The molecule has 0 unspecified atom stereocenters. The molecule has 18 heavy (non-hydrogen) atoms. The van der Waals surface area contributed by atoms with E-state index in [1.165, 1.54) is 0 Å². The van der Waals surface area contributed by atoms with Crippen LogP contribution in [-0.4, -0.2) is 16.3 Å². The molecule has 3 nitrogen and oxygen atoms in total. The van der Waals surface area contributed by atoms with Crippen molar-refractivity contribution in [1.82, 2.24) is 4.57 Å². The molecule has 0 aliphatic carbocycles. The first-order chi connectivity index (χ1) is 8.70. The van der Waals surface area contributed by atoms with Crippen molar-refractivity contribution in [2.75, 3.05) is 6.61 Å². The van der Waals surface area contributed by atoms with Gasteiger partial charge in [-0.05, 0) is 36.8 Å². The number of rotatable bonds is 1. The van der Waals surface area contributed by atoms with Crippen LogP contribution in [0.15, 0.2) is 47.4 Å². The highest BCUT2D eigenvalue weighted by molar-refractivity contribution is 5.42. The zero-order chi connectivity index (χ0) is 13.0. The SMILES string of the molecule is Cc1ccc(=O)n(-c2ccc(C#CCO)cc2)c1. The number of aryl methyl sites for hydroxylation is 1. The summed E-state index contributed by atoms with van der Waals surface area (Å²) >= 11 is 0. The maximum Gasteiger partial charge on any atom is 0.255 e. The zero-order valence-electron chi connectivity index (χ0n) is 10.1. The Kier molecular flexibility index (Phi) is 3.61. The van der Waals surface area contributed by atoms with Gasteiger partial charge in [-0.15, -0.1) is 0 Å². The molecule has 0 spiro atoms. The molecule has 0 atom stereocenters. The maximum absolute atomic E-state index is 11.7. The third kappa shape index (κ3) is 2.68. The van der Waals surface area contributed by atoms with E-state index in [4.69, 9.17) is 5.11 Å². The number of hydrogen-bond donors (Lipinski definition) is 1. The van der Waals surface area contributed by atoms with Crippen molar-refractivity contribution in [3.05, 3.63) is 64.1 Å². The van der Waals surface area contributed by atoms with Gasteiger partial charge in [0.05, 0.1) is 0 Å². The summed E-state index contributed by atoms with van der Waals surface area (Å²) in [5, 5.41) is 8.61. The molecule has 0 fully saturated rings. The van der Waals surface area contributed by atoms with Gasteiger partial charge in [-0.2, -0.15) is 0 Å². The Bertz CT molecular complexity index is 657. The van der Waals surface area contributed by atoms with Crippen molar-refractivity contribution in [2.45, 2.75) is 6.92 Å². The average Bonchev–Trinajstić information content (AvgIpc) is 2.40. The summed E-state index contributed by atoms with van der Waals surface area (Å²) in [6.07, 6.45) is 1.80. The number of pyridine rings is 1. The summed E-state index contributed by atoms with van der Waals surface area (Å²) in [6, 6.07) is 10.7. The van der Waals surface area contributed by atoms with Crippen LogP contribution in [0, 0.1) is 18.8 Å². The fraction of sp³-hybridized carbons (Fsp3) is 0.133. The fourth-order valence-electron chi connectivity index (χ4n) is 1.64. The largest absolute Gasteiger partial charge is 0.384 e. The van der Waals surface area contributed by atoms with Gasteiger partial charge in [-0.25, -0.2) is 0 Å². The van der Waals surface area contributed by atoms with Crippen LogP contribution in [0.3, 0.4) is 0 Å². The Balaban J connectivity index is 2.40. The highest BCUT2D eigenvalue weighted by Gasteiger charge is 1.99. The van der Waals surface area contributed by atoms with Crippen LogP contribution in [0.2, 0.25) is 0 Å². The summed E-state index contributed by atoms with van der Waals surface area (Å²) in [5.41, 5.74) is 2.58. The smallest absolute Gasteiger partial charge is 0.255 e. The van der Waals surface area contributed by atoms with E-state index in [1.54, 1.807) is 22.9 Å². The molecular formula is C15H13NO2. The van der Waals surface area contributed by atoms with Gasteiger partial charge in [0.2, 0.25) is 0 Å². The molecule has 1 aromatic carbocycles. The van der Waals surface area contributed by atoms with Crippen LogP contribution in [0.25, 0.3) is 5.69 Å². The third-order valence-electron chi connectivity index (χ3n) is 2.52. The number of nitrogens with zero attached hydrogens (tertiary/aromatic N) is 1. The number of aliphatic hydroxyl groups excluding tert-OH is 1. The predicted octanol–water partition coefficient (Wildman–Crippen LogP) is 1.49. The molecule has 1 heterocycles. The minimum absolute atomic E-state index is 0.0604. The van der Waals surface area contributed by atoms with E-state index in [9.17, 15) is 4.79 Å². The molecule has 0 bridgehead atoms. The normalized spacial score (nSPS) is 9.67. The first-order valence-corrected chi connectivity index (χ1v) is 5.60. The van der Waals surface area contributed by atoms with Crippen LogP contribution in [-0.2, 0) is 0 Å². The highest BCUT2D eigenvalue weighted by atomic mass is 16.2. The number of benzene rings is 1. The van der Waals surface area contributed by atoms with Crippen LogP contribution < -0.4 is 5.56 Å². The standard InChI is InChI=1S/C15H13NO2/c1-12-4-9-15(18)16(11-12)14-7-5-13(6-8-14)3-2-10-17/h4-9,11,17H,10H2,1H3. The minimum Gasteiger partial charge on any atom is -0.384 e. The van der Waals surface area contributed by atoms with Crippen molar-refractivity contribution in [3.63, 3.8) is 0 Å². The molecule has 1 N–H and O–H groups in total. The van der Waals surface area contributed by atoms with Crippen molar-refractivity contribution in [1.29, 1.82) is 0 Å². The molecule has 0 saturated carbocycles. The average molecular weight is 239 g/mol. The lowest BCUT2D eigenvalue weighted by Crippen LogP contribution is -2.16. The highest BCUT2D eigenvalue weighted by Crippen LogP contribution is 2.08. The molecule has 2 aromatic rings. The van der Waals surface area contributed by atoms with Gasteiger partial charge in [0.25, 0.3) is 5.56 Å². The second-order valence-electron chi connectivity index (χ2n) is 3.92. The number of aromatic nitrogens is 1. The molecule has 0 aliphatic rings. The van der Waals surface area contributed by atoms with Crippen molar-refractivity contribution in [3.8, 4) is 17.5 Å². The Hall–Kier alpha value is -2.31. The van der Waals surface area contributed by atoms with E-state index in [1.807, 2.05) is 31.2 Å². The molecule has 0 amide bonds. The lowest BCUT2D eigenvalue weighted by Gasteiger charge is -2.06. The molecule has 3 heteroatoms. The summed E-state index contributed by atoms with van der Waals surface area (Å²) in [4.78, 5) is 11.7. The van der Waals surface area contributed by atoms with E-state index in [-0.39, 0.29) is 12.2 Å². The van der Waals surface area contributed by atoms with Gasteiger partial charge in [0, 0.05) is 23.5 Å². The van der Waals surface area contributed by atoms with Gasteiger partial charge in [0.1, 0.15) is 6.61 Å². The van der Waals surface area contributed by atoms with Crippen LogP contribution >= 0.6 is 0 Å². The summed E-state index contributed by atoms with van der Waals surface area (Å²) < 4.78 is 1.60. The van der Waals surface area contributed by atoms with E-state index >= 15 is 0 Å². The monoisotopic (exact) mass is 239 g/mol. The van der Waals surface area contributed by atoms with Crippen LogP contribution in [0.5, 0.6) is 0 Å². The van der Waals surface area contributed by atoms with Gasteiger partial charge >= 0.3 is 0 Å². The number of hydrogen-bond acceptors (Lipinski definition) is 2. The lowest BCUT2D eigenvalue weighted by atomic mass is 10.2. The second-order valence-corrected chi connectivity index (χ2v) is 3.92. The Morgan fingerprint density at radius 1 is 1.17 bits per heavy atom. The zero-order valence-corrected chi connectivity index (χ0v) is 10.1. The maximum atomic E-state index is 11.7. The van der Waals surface area contributed by atoms with Gasteiger partial charge < -0.3 is 5.11 Å². The topological polar surface area (TPSA) is 42.2 Å². The first kappa shape index (κ1) is 12.2. The van der Waals surface area contributed by atoms with Crippen molar-refractivity contribution in [2.24, 2.45) is 0 Å².